The molecule has 0 amide bonds. The van der Waals surface area contributed by atoms with Crippen molar-refractivity contribution in [3.63, 3.8) is 0 Å². The smallest absolute Gasteiger partial charge is 0.346 e. The van der Waals surface area contributed by atoms with Gasteiger partial charge in [0.05, 0.1) is 5.56 Å². The topological polar surface area (TPSA) is 26.3 Å². The standard InChI is InChI=1S/C22H24F2O2/c1-15-2-4-16(5-3-15)6-7-17-8-13-20(21(24)14-17)22(25)26-19-11-9-18(23)10-12-19/h8-16H,2-7H2,1H3. The van der Waals surface area contributed by atoms with Crippen molar-refractivity contribution in [2.24, 2.45) is 11.8 Å². The van der Waals surface area contributed by atoms with Crippen LogP contribution in [0.25, 0.3) is 0 Å². The molecule has 1 aliphatic rings. The van der Waals surface area contributed by atoms with Gasteiger partial charge in [0.15, 0.2) is 0 Å². The highest BCUT2D eigenvalue weighted by Gasteiger charge is 2.19. The molecular weight excluding hydrogens is 334 g/mol. The maximum atomic E-state index is 14.3. The van der Waals surface area contributed by atoms with Crippen LogP contribution in [0.4, 0.5) is 8.78 Å². The van der Waals surface area contributed by atoms with Crippen LogP contribution in [0.2, 0.25) is 0 Å². The Kier molecular flexibility index (Phi) is 6.02. The van der Waals surface area contributed by atoms with Gasteiger partial charge in [0, 0.05) is 0 Å². The van der Waals surface area contributed by atoms with E-state index < -0.39 is 17.6 Å². The number of ether oxygens (including phenoxy) is 1. The first kappa shape index (κ1) is 18.6. The van der Waals surface area contributed by atoms with E-state index in [1.54, 1.807) is 6.07 Å². The number of hydrogen-bond acceptors (Lipinski definition) is 2. The SMILES string of the molecule is CC1CCC(CCc2ccc(C(=O)Oc3ccc(F)cc3)c(F)c2)CC1. The summed E-state index contributed by atoms with van der Waals surface area (Å²) in [6.45, 7) is 2.30. The number of aryl methyl sites for hydroxylation is 1. The predicted molar refractivity (Wildman–Crippen MR) is 97.2 cm³/mol. The first-order valence-corrected chi connectivity index (χ1v) is 9.27. The van der Waals surface area contributed by atoms with Gasteiger partial charge in [-0.1, -0.05) is 38.7 Å². The largest absolute Gasteiger partial charge is 0.423 e. The van der Waals surface area contributed by atoms with E-state index in [-0.39, 0.29) is 11.3 Å². The minimum absolute atomic E-state index is 0.107. The Morgan fingerprint density at radius 3 is 2.38 bits per heavy atom. The molecule has 26 heavy (non-hydrogen) atoms. The normalized spacial score (nSPS) is 20.0. The lowest BCUT2D eigenvalue weighted by molar-refractivity contribution is 0.0729. The summed E-state index contributed by atoms with van der Waals surface area (Å²) in [5, 5.41) is 0. The average Bonchev–Trinajstić information content (AvgIpc) is 2.63. The van der Waals surface area contributed by atoms with E-state index in [1.165, 1.54) is 62.1 Å². The molecular formula is C22H24F2O2. The molecule has 0 spiro atoms. The molecule has 0 saturated heterocycles. The third kappa shape index (κ3) is 4.90. The van der Waals surface area contributed by atoms with Gasteiger partial charge in [-0.25, -0.2) is 13.6 Å². The molecule has 0 radical (unpaired) electrons. The summed E-state index contributed by atoms with van der Waals surface area (Å²) in [6, 6.07) is 9.74. The van der Waals surface area contributed by atoms with E-state index in [9.17, 15) is 13.6 Å². The quantitative estimate of drug-likeness (QED) is 0.488. The zero-order valence-corrected chi connectivity index (χ0v) is 15.0. The van der Waals surface area contributed by atoms with Gasteiger partial charge in [-0.05, 0) is 66.6 Å². The molecule has 2 aromatic carbocycles. The Morgan fingerprint density at radius 2 is 1.73 bits per heavy atom. The van der Waals surface area contributed by atoms with Gasteiger partial charge in [-0.3, -0.25) is 0 Å². The second-order valence-electron chi connectivity index (χ2n) is 7.32. The molecule has 1 saturated carbocycles. The molecule has 0 aliphatic heterocycles. The van der Waals surface area contributed by atoms with Crippen molar-refractivity contribution < 1.29 is 18.3 Å². The van der Waals surface area contributed by atoms with Crippen molar-refractivity contribution in [3.05, 3.63) is 65.2 Å². The van der Waals surface area contributed by atoms with E-state index in [4.69, 9.17) is 4.74 Å². The molecule has 1 fully saturated rings. The van der Waals surface area contributed by atoms with E-state index in [1.807, 2.05) is 0 Å². The van der Waals surface area contributed by atoms with Crippen LogP contribution in [0.15, 0.2) is 42.5 Å². The third-order valence-corrected chi connectivity index (χ3v) is 5.25. The minimum atomic E-state index is -0.776. The maximum absolute atomic E-state index is 14.3. The Labute approximate surface area is 153 Å². The molecule has 0 bridgehead atoms. The third-order valence-electron chi connectivity index (χ3n) is 5.25. The molecule has 4 heteroatoms. The minimum Gasteiger partial charge on any atom is -0.423 e. The molecule has 2 nitrogen and oxygen atoms in total. The van der Waals surface area contributed by atoms with Crippen LogP contribution in [0.1, 0.15) is 54.9 Å². The molecule has 1 aliphatic carbocycles. The van der Waals surface area contributed by atoms with Crippen molar-refractivity contribution >= 4 is 5.97 Å². The lowest BCUT2D eigenvalue weighted by Crippen LogP contribution is -2.13. The zero-order valence-electron chi connectivity index (χ0n) is 15.0. The molecule has 0 heterocycles. The lowest BCUT2D eigenvalue weighted by atomic mass is 9.80. The second-order valence-corrected chi connectivity index (χ2v) is 7.32. The number of esters is 1. The summed E-state index contributed by atoms with van der Waals surface area (Å²) in [6.07, 6.45) is 6.96. The summed E-state index contributed by atoms with van der Waals surface area (Å²) >= 11 is 0. The van der Waals surface area contributed by atoms with Crippen LogP contribution in [0.5, 0.6) is 5.75 Å². The molecule has 0 unspecified atom stereocenters. The summed E-state index contributed by atoms with van der Waals surface area (Å²) < 4.78 is 32.3. The molecule has 2 aromatic rings. The highest BCUT2D eigenvalue weighted by atomic mass is 19.1. The van der Waals surface area contributed by atoms with Crippen LogP contribution in [0.3, 0.4) is 0 Å². The fraction of sp³-hybridized carbons (Fsp3) is 0.409. The monoisotopic (exact) mass is 358 g/mol. The molecule has 3 rings (SSSR count). The molecule has 0 atom stereocenters. The van der Waals surface area contributed by atoms with Crippen LogP contribution in [-0.2, 0) is 6.42 Å². The second kappa shape index (κ2) is 8.43. The van der Waals surface area contributed by atoms with Gasteiger partial charge in [0.1, 0.15) is 17.4 Å². The Morgan fingerprint density at radius 1 is 1.04 bits per heavy atom. The van der Waals surface area contributed by atoms with E-state index in [0.717, 1.165) is 30.2 Å². The predicted octanol–water partition coefficient (Wildman–Crippen LogP) is 5.94. The van der Waals surface area contributed by atoms with Crippen LogP contribution in [-0.4, -0.2) is 5.97 Å². The molecule has 0 aromatic heterocycles. The van der Waals surface area contributed by atoms with Crippen molar-refractivity contribution in [1.29, 1.82) is 0 Å². The number of hydrogen-bond donors (Lipinski definition) is 0. The number of carbonyl (C=O) groups excluding carboxylic acids is 1. The Balaban J connectivity index is 1.58. The fourth-order valence-corrected chi connectivity index (χ4v) is 3.53. The van der Waals surface area contributed by atoms with Crippen LogP contribution < -0.4 is 4.74 Å². The maximum Gasteiger partial charge on any atom is 0.346 e. The molecule has 0 N–H and O–H groups in total. The van der Waals surface area contributed by atoms with Gasteiger partial charge in [0.2, 0.25) is 0 Å². The fourth-order valence-electron chi connectivity index (χ4n) is 3.53. The Hall–Kier alpha value is -2.23. The zero-order chi connectivity index (χ0) is 18.5. The van der Waals surface area contributed by atoms with E-state index in [2.05, 4.69) is 6.92 Å². The van der Waals surface area contributed by atoms with Gasteiger partial charge in [-0.2, -0.15) is 0 Å². The van der Waals surface area contributed by atoms with Crippen molar-refractivity contribution in [2.75, 3.05) is 0 Å². The highest BCUT2D eigenvalue weighted by molar-refractivity contribution is 5.91. The summed E-state index contributed by atoms with van der Waals surface area (Å²) in [5.41, 5.74) is 0.795. The molecule has 138 valence electrons. The number of rotatable bonds is 5. The van der Waals surface area contributed by atoms with Crippen LogP contribution in [0, 0.1) is 23.5 Å². The van der Waals surface area contributed by atoms with Gasteiger partial charge >= 0.3 is 5.97 Å². The first-order valence-electron chi connectivity index (χ1n) is 9.27. The van der Waals surface area contributed by atoms with Crippen molar-refractivity contribution in [2.45, 2.75) is 45.4 Å². The lowest BCUT2D eigenvalue weighted by Gasteiger charge is -2.26. The number of carbonyl (C=O) groups is 1. The Bertz CT molecular complexity index is 747. The van der Waals surface area contributed by atoms with Gasteiger partial charge in [-0.15, -0.1) is 0 Å². The van der Waals surface area contributed by atoms with Gasteiger partial charge in [0.25, 0.3) is 0 Å². The summed E-state index contributed by atoms with van der Waals surface area (Å²) in [5.74, 6) is -0.0413. The van der Waals surface area contributed by atoms with Crippen molar-refractivity contribution in [1.82, 2.24) is 0 Å². The first-order chi connectivity index (χ1) is 12.5. The summed E-state index contributed by atoms with van der Waals surface area (Å²) in [4.78, 5) is 12.1. The van der Waals surface area contributed by atoms with Crippen LogP contribution >= 0.6 is 0 Å². The van der Waals surface area contributed by atoms with E-state index >= 15 is 0 Å². The van der Waals surface area contributed by atoms with Gasteiger partial charge < -0.3 is 4.74 Å². The summed E-state index contributed by atoms with van der Waals surface area (Å²) in [7, 11) is 0. The van der Waals surface area contributed by atoms with Crippen molar-refractivity contribution in [3.8, 4) is 5.75 Å². The number of halogens is 2. The average molecular weight is 358 g/mol. The van der Waals surface area contributed by atoms with E-state index in [0.29, 0.717) is 0 Å². The highest BCUT2D eigenvalue weighted by Crippen LogP contribution is 2.31. The number of benzene rings is 2.